The van der Waals surface area contributed by atoms with E-state index in [9.17, 15) is 9.67 Å². The van der Waals surface area contributed by atoms with E-state index < -0.39 is 12.5 Å². The molecule has 0 spiro atoms. The molecule has 0 bridgehead atoms. The van der Waals surface area contributed by atoms with E-state index in [0.717, 1.165) is 5.56 Å². The van der Waals surface area contributed by atoms with Gasteiger partial charge in [0.05, 0.1) is 0 Å². The molecule has 3 aromatic carbocycles. The summed E-state index contributed by atoms with van der Waals surface area (Å²) in [5.74, 6) is 0. The third-order valence-corrected chi connectivity index (χ3v) is 8.05. The Kier molecular flexibility index (Phi) is 4.71. The van der Waals surface area contributed by atoms with Crippen LogP contribution in [0.25, 0.3) is 0 Å². The molecule has 2 unspecified atom stereocenters. The van der Waals surface area contributed by atoms with Gasteiger partial charge in [-0.2, -0.15) is 0 Å². The average Bonchev–Trinajstić information content (AvgIpc) is 2.64. The summed E-state index contributed by atoms with van der Waals surface area (Å²) in [5, 5.41) is 10.6. The van der Waals surface area contributed by atoms with Crippen molar-refractivity contribution in [1.29, 1.82) is 0 Å². The standard InChI is InChI=1S/C21H21O2P/c1-21(22,19-13-7-3-8-14-19)24(23,20-15-9-4-10-16-20)17-18-11-5-2-6-12-18/h2-16,22H,17H2,1H3. The fraction of sp³-hybridized carbons (Fsp3) is 0.143. The lowest BCUT2D eigenvalue weighted by Crippen LogP contribution is -2.28. The molecule has 2 atom stereocenters. The topological polar surface area (TPSA) is 37.3 Å². The van der Waals surface area contributed by atoms with Gasteiger partial charge in [-0.15, -0.1) is 0 Å². The Hall–Kier alpha value is -2.15. The Morgan fingerprint density at radius 3 is 1.79 bits per heavy atom. The smallest absolute Gasteiger partial charge is 0.153 e. The van der Waals surface area contributed by atoms with E-state index in [-0.39, 0.29) is 0 Å². The molecule has 0 aliphatic rings. The van der Waals surface area contributed by atoms with E-state index in [1.807, 2.05) is 91.0 Å². The summed E-state index contributed by atoms with van der Waals surface area (Å²) in [4.78, 5) is 0. The average molecular weight is 336 g/mol. The third kappa shape index (κ3) is 3.08. The molecule has 0 fully saturated rings. The van der Waals surface area contributed by atoms with Gasteiger partial charge in [0.2, 0.25) is 0 Å². The van der Waals surface area contributed by atoms with Gasteiger partial charge in [-0.25, -0.2) is 0 Å². The summed E-state index contributed by atoms with van der Waals surface area (Å²) in [7, 11) is -3.16. The first kappa shape index (κ1) is 16.7. The summed E-state index contributed by atoms with van der Waals surface area (Å²) >= 11 is 0. The maximum atomic E-state index is 14.2. The number of hydrogen-bond acceptors (Lipinski definition) is 2. The molecule has 0 aliphatic carbocycles. The molecular formula is C21H21O2P. The van der Waals surface area contributed by atoms with Crippen LogP contribution in [-0.4, -0.2) is 5.11 Å². The Morgan fingerprint density at radius 1 is 0.792 bits per heavy atom. The molecule has 0 aromatic heterocycles. The third-order valence-electron chi connectivity index (χ3n) is 4.45. The van der Waals surface area contributed by atoms with Crippen LogP contribution >= 0.6 is 7.14 Å². The van der Waals surface area contributed by atoms with E-state index in [4.69, 9.17) is 0 Å². The first-order valence-electron chi connectivity index (χ1n) is 8.01. The van der Waals surface area contributed by atoms with Crippen molar-refractivity contribution in [3.63, 3.8) is 0 Å². The van der Waals surface area contributed by atoms with Crippen molar-refractivity contribution in [3.8, 4) is 0 Å². The molecule has 0 radical (unpaired) electrons. The van der Waals surface area contributed by atoms with Gasteiger partial charge in [-0.05, 0) is 18.1 Å². The van der Waals surface area contributed by atoms with Crippen LogP contribution < -0.4 is 5.30 Å². The number of benzene rings is 3. The van der Waals surface area contributed by atoms with Gasteiger partial charge in [0.25, 0.3) is 0 Å². The van der Waals surface area contributed by atoms with E-state index in [1.54, 1.807) is 6.92 Å². The van der Waals surface area contributed by atoms with Gasteiger partial charge in [0.1, 0.15) is 5.34 Å². The van der Waals surface area contributed by atoms with E-state index in [2.05, 4.69) is 0 Å². The predicted molar refractivity (Wildman–Crippen MR) is 99.8 cm³/mol. The Morgan fingerprint density at radius 2 is 1.25 bits per heavy atom. The van der Waals surface area contributed by atoms with Gasteiger partial charge >= 0.3 is 0 Å². The van der Waals surface area contributed by atoms with Crippen LogP contribution in [0.1, 0.15) is 18.1 Å². The molecule has 3 rings (SSSR count). The molecule has 3 heteroatoms. The van der Waals surface area contributed by atoms with Crippen LogP contribution in [-0.2, 0) is 16.1 Å². The number of rotatable bonds is 5. The second kappa shape index (κ2) is 6.76. The number of aliphatic hydroxyl groups is 1. The largest absolute Gasteiger partial charge is 0.377 e. The van der Waals surface area contributed by atoms with Crippen molar-refractivity contribution >= 4 is 12.4 Å². The minimum Gasteiger partial charge on any atom is -0.377 e. The van der Waals surface area contributed by atoms with Crippen LogP contribution in [0, 0.1) is 0 Å². The lowest BCUT2D eigenvalue weighted by Gasteiger charge is -2.34. The molecule has 2 nitrogen and oxygen atoms in total. The lowest BCUT2D eigenvalue weighted by atomic mass is 10.1. The van der Waals surface area contributed by atoms with Crippen molar-refractivity contribution in [2.45, 2.75) is 18.4 Å². The van der Waals surface area contributed by atoms with Crippen LogP contribution in [0.2, 0.25) is 0 Å². The maximum Gasteiger partial charge on any atom is 0.153 e. The first-order chi connectivity index (χ1) is 11.5. The van der Waals surface area contributed by atoms with Gasteiger partial charge in [0.15, 0.2) is 7.14 Å². The van der Waals surface area contributed by atoms with Gasteiger partial charge in [0, 0.05) is 11.5 Å². The molecule has 0 heterocycles. The second-order valence-corrected chi connectivity index (χ2v) is 9.29. The lowest BCUT2D eigenvalue weighted by molar-refractivity contribution is 0.144. The summed E-state index contributed by atoms with van der Waals surface area (Å²) < 4.78 is 14.2. The summed E-state index contributed by atoms with van der Waals surface area (Å²) in [6, 6.07) is 28.3. The van der Waals surface area contributed by atoms with Crippen molar-refractivity contribution in [3.05, 3.63) is 102 Å². The molecule has 3 aromatic rings. The van der Waals surface area contributed by atoms with Crippen molar-refractivity contribution in [2.75, 3.05) is 0 Å². The summed E-state index contributed by atoms with van der Waals surface area (Å²) in [6.45, 7) is 1.67. The van der Waals surface area contributed by atoms with Gasteiger partial charge in [-0.3, -0.25) is 0 Å². The van der Waals surface area contributed by atoms with Crippen molar-refractivity contribution < 1.29 is 9.67 Å². The highest BCUT2D eigenvalue weighted by Gasteiger charge is 2.45. The highest BCUT2D eigenvalue weighted by molar-refractivity contribution is 7.71. The molecular weight excluding hydrogens is 315 g/mol. The quantitative estimate of drug-likeness (QED) is 0.683. The second-order valence-electron chi connectivity index (χ2n) is 6.11. The zero-order chi connectivity index (χ0) is 17.0. The Bertz CT molecular complexity index is 827. The first-order valence-corrected chi connectivity index (χ1v) is 9.90. The van der Waals surface area contributed by atoms with Crippen LogP contribution in [0.3, 0.4) is 0 Å². The molecule has 0 amide bonds. The summed E-state index contributed by atoms with van der Waals surface area (Å²) in [5.41, 5.74) is 1.63. The Balaban J connectivity index is 2.14. The zero-order valence-corrected chi connectivity index (χ0v) is 14.6. The predicted octanol–water partition coefficient (Wildman–Crippen LogP) is 4.74. The monoisotopic (exact) mass is 336 g/mol. The van der Waals surface area contributed by atoms with E-state index in [1.165, 1.54) is 0 Å². The molecule has 0 saturated carbocycles. The summed E-state index contributed by atoms with van der Waals surface area (Å²) in [6.07, 6.45) is 0.319. The molecule has 122 valence electrons. The van der Waals surface area contributed by atoms with Crippen molar-refractivity contribution in [2.24, 2.45) is 0 Å². The fourth-order valence-electron chi connectivity index (χ4n) is 2.97. The van der Waals surface area contributed by atoms with Gasteiger partial charge in [-0.1, -0.05) is 91.0 Å². The highest BCUT2D eigenvalue weighted by atomic mass is 31.2. The minimum atomic E-state index is -3.16. The molecule has 0 saturated heterocycles. The Labute approximate surface area is 143 Å². The van der Waals surface area contributed by atoms with E-state index >= 15 is 0 Å². The minimum absolute atomic E-state index is 0.319. The molecule has 0 aliphatic heterocycles. The zero-order valence-electron chi connectivity index (χ0n) is 13.7. The van der Waals surface area contributed by atoms with Crippen LogP contribution in [0.15, 0.2) is 91.0 Å². The van der Waals surface area contributed by atoms with Crippen molar-refractivity contribution in [1.82, 2.24) is 0 Å². The molecule has 1 N–H and O–H groups in total. The highest BCUT2D eigenvalue weighted by Crippen LogP contribution is 2.62. The SMILES string of the molecule is CC(O)(c1ccccc1)P(=O)(Cc1ccccc1)c1ccccc1. The maximum absolute atomic E-state index is 14.2. The van der Waals surface area contributed by atoms with E-state index in [0.29, 0.717) is 17.0 Å². The molecule has 24 heavy (non-hydrogen) atoms. The van der Waals surface area contributed by atoms with Crippen LogP contribution in [0.5, 0.6) is 0 Å². The fourth-order valence-corrected chi connectivity index (χ4v) is 5.91. The normalized spacial score (nSPS) is 16.1. The van der Waals surface area contributed by atoms with Crippen LogP contribution in [0.4, 0.5) is 0 Å². The number of hydrogen-bond donors (Lipinski definition) is 1. The van der Waals surface area contributed by atoms with Gasteiger partial charge < -0.3 is 9.67 Å².